The summed E-state index contributed by atoms with van der Waals surface area (Å²) in [6.07, 6.45) is -0.618. The molecule has 12 heteroatoms. The summed E-state index contributed by atoms with van der Waals surface area (Å²) in [5.74, 6) is 0. The van der Waals surface area contributed by atoms with Gasteiger partial charge in [-0.05, 0) is 44.5 Å². The number of nitro groups is 1. The number of anilines is 1. The van der Waals surface area contributed by atoms with E-state index in [0.717, 1.165) is 15.1 Å². The van der Waals surface area contributed by atoms with Crippen molar-refractivity contribution in [3.8, 4) is 0 Å². The van der Waals surface area contributed by atoms with Crippen molar-refractivity contribution >= 4 is 48.5 Å². The van der Waals surface area contributed by atoms with Crippen LogP contribution < -0.4 is 5.32 Å². The Morgan fingerprint density at radius 1 is 1.25 bits per heavy atom. The molecular formula is C20H22N4O6S2. The number of nitrogens with one attached hydrogen (secondary N) is 1. The molecule has 1 N–H and O–H groups in total. The molecule has 3 rings (SSSR count). The van der Waals surface area contributed by atoms with Crippen LogP contribution in [0.5, 0.6) is 0 Å². The Balaban J connectivity index is 1.80. The average molecular weight is 479 g/mol. The lowest BCUT2D eigenvalue weighted by molar-refractivity contribution is -0.387. The van der Waals surface area contributed by atoms with Crippen LogP contribution in [-0.4, -0.2) is 41.4 Å². The van der Waals surface area contributed by atoms with E-state index in [-0.39, 0.29) is 11.4 Å². The van der Waals surface area contributed by atoms with Crippen LogP contribution in [0.25, 0.3) is 10.2 Å². The zero-order valence-electron chi connectivity index (χ0n) is 17.9. The topological polar surface area (TPSA) is 132 Å². The van der Waals surface area contributed by atoms with Gasteiger partial charge in [0.05, 0.1) is 15.1 Å². The van der Waals surface area contributed by atoms with Crippen LogP contribution in [0.2, 0.25) is 0 Å². The second kappa shape index (κ2) is 8.81. The fourth-order valence-electron chi connectivity index (χ4n) is 2.85. The Morgan fingerprint density at radius 3 is 2.59 bits per heavy atom. The first-order valence-electron chi connectivity index (χ1n) is 9.46. The molecule has 170 valence electrons. The molecule has 10 nitrogen and oxygen atoms in total. The maximum Gasteiger partial charge on any atom is 0.413 e. The highest BCUT2D eigenvalue weighted by Crippen LogP contribution is 2.29. The van der Waals surface area contributed by atoms with Crippen molar-refractivity contribution in [1.29, 1.82) is 0 Å². The van der Waals surface area contributed by atoms with Crippen LogP contribution in [0.4, 0.5) is 15.6 Å². The molecule has 0 aliphatic carbocycles. The molecule has 32 heavy (non-hydrogen) atoms. The highest BCUT2D eigenvalue weighted by Gasteiger charge is 2.29. The highest BCUT2D eigenvalue weighted by atomic mass is 32.2. The molecule has 0 saturated heterocycles. The minimum absolute atomic E-state index is 0.00293. The summed E-state index contributed by atoms with van der Waals surface area (Å²) in [6, 6.07) is 10.4. The van der Waals surface area contributed by atoms with E-state index in [1.54, 1.807) is 39.0 Å². The van der Waals surface area contributed by atoms with Crippen molar-refractivity contribution in [2.45, 2.75) is 37.8 Å². The fourth-order valence-corrected chi connectivity index (χ4v) is 5.08. The molecule has 0 saturated carbocycles. The number of fused-ring (bicyclic) bond motifs is 1. The summed E-state index contributed by atoms with van der Waals surface area (Å²) in [6.45, 7) is 5.26. The highest BCUT2D eigenvalue weighted by molar-refractivity contribution is 7.89. The van der Waals surface area contributed by atoms with Gasteiger partial charge in [-0.3, -0.25) is 15.4 Å². The van der Waals surface area contributed by atoms with Crippen LogP contribution in [0, 0.1) is 10.1 Å². The van der Waals surface area contributed by atoms with E-state index in [1.165, 1.54) is 36.6 Å². The van der Waals surface area contributed by atoms with Crippen LogP contribution in [-0.2, 0) is 21.3 Å². The van der Waals surface area contributed by atoms with E-state index in [2.05, 4.69) is 10.3 Å². The van der Waals surface area contributed by atoms with Gasteiger partial charge >= 0.3 is 6.09 Å². The SMILES string of the molecule is CN(Cc1ccc2nc(NC(=O)OC(C)(C)C)sc2c1)S(=O)(=O)c1ccccc1[N+](=O)[O-]. The first-order valence-corrected chi connectivity index (χ1v) is 11.7. The lowest BCUT2D eigenvalue weighted by Gasteiger charge is -2.18. The van der Waals surface area contributed by atoms with Gasteiger partial charge < -0.3 is 4.74 Å². The number of thiazole rings is 1. The fraction of sp³-hybridized carbons (Fsp3) is 0.300. The lowest BCUT2D eigenvalue weighted by Crippen LogP contribution is -2.27. The predicted molar refractivity (Wildman–Crippen MR) is 121 cm³/mol. The Labute approximate surface area is 189 Å². The normalized spacial score (nSPS) is 12.2. The molecule has 1 aromatic heterocycles. The number of hydrogen-bond donors (Lipinski definition) is 1. The third-order valence-corrected chi connectivity index (χ3v) is 7.00. The Hall–Kier alpha value is -3.09. The van der Waals surface area contributed by atoms with Gasteiger partial charge in [0.25, 0.3) is 5.69 Å². The minimum atomic E-state index is -4.09. The molecule has 0 unspecified atom stereocenters. The second-order valence-corrected chi connectivity index (χ2v) is 11.0. The van der Waals surface area contributed by atoms with Crippen LogP contribution >= 0.6 is 11.3 Å². The molecule has 0 atom stereocenters. The van der Waals surface area contributed by atoms with Crippen LogP contribution in [0.3, 0.4) is 0 Å². The van der Waals surface area contributed by atoms with Crippen LogP contribution in [0.1, 0.15) is 26.3 Å². The predicted octanol–water partition coefficient (Wildman–Crippen LogP) is 4.37. The number of nitrogens with zero attached hydrogens (tertiary/aromatic N) is 3. The Kier molecular flexibility index (Phi) is 6.49. The number of sulfonamides is 1. The summed E-state index contributed by atoms with van der Waals surface area (Å²) in [5.41, 5.74) is 0.177. The van der Waals surface area contributed by atoms with Crippen molar-refractivity contribution in [3.05, 3.63) is 58.1 Å². The third-order valence-electron chi connectivity index (χ3n) is 4.22. The van der Waals surface area contributed by atoms with Crippen molar-refractivity contribution in [3.63, 3.8) is 0 Å². The molecule has 0 fully saturated rings. The van der Waals surface area contributed by atoms with Crippen molar-refractivity contribution < 1.29 is 22.9 Å². The number of amides is 1. The zero-order chi connectivity index (χ0) is 23.7. The second-order valence-electron chi connectivity index (χ2n) is 7.93. The maximum absolute atomic E-state index is 12.9. The van der Waals surface area contributed by atoms with Gasteiger partial charge in [-0.15, -0.1) is 0 Å². The molecule has 1 heterocycles. The van der Waals surface area contributed by atoms with E-state index in [4.69, 9.17) is 4.74 Å². The zero-order valence-corrected chi connectivity index (χ0v) is 19.5. The molecule has 0 aliphatic rings. The molecule has 0 spiro atoms. The van der Waals surface area contributed by atoms with Gasteiger partial charge in [0.1, 0.15) is 5.60 Å². The summed E-state index contributed by atoms with van der Waals surface area (Å²) in [4.78, 5) is 26.4. The first kappa shape index (κ1) is 23.6. The van der Waals surface area contributed by atoms with E-state index in [9.17, 15) is 23.3 Å². The number of benzene rings is 2. The van der Waals surface area contributed by atoms with Gasteiger partial charge in [-0.1, -0.05) is 29.5 Å². The summed E-state index contributed by atoms with van der Waals surface area (Å²) < 4.78 is 32.8. The van der Waals surface area contributed by atoms with Gasteiger partial charge in [0.15, 0.2) is 10.0 Å². The van der Waals surface area contributed by atoms with Gasteiger partial charge in [-0.25, -0.2) is 18.2 Å². The monoisotopic (exact) mass is 478 g/mol. The van der Waals surface area contributed by atoms with E-state index in [0.29, 0.717) is 16.2 Å². The van der Waals surface area contributed by atoms with Gasteiger partial charge in [0.2, 0.25) is 10.0 Å². The number of para-hydroxylation sites is 1. The maximum atomic E-state index is 12.9. The first-order chi connectivity index (χ1) is 14.9. The molecule has 3 aromatic rings. The summed E-state index contributed by atoms with van der Waals surface area (Å²) in [7, 11) is -2.73. The molecule has 0 aliphatic heterocycles. The standard InChI is InChI=1S/C20H22N4O6S2/c1-20(2,3)30-19(25)22-18-21-14-10-9-13(11-16(14)31-18)12-23(4)32(28,29)17-8-6-5-7-15(17)24(26)27/h5-11H,12H2,1-4H3,(H,21,22,25). The number of rotatable bonds is 6. The molecular weight excluding hydrogens is 456 g/mol. The van der Waals surface area contributed by atoms with Crippen molar-refractivity contribution in [1.82, 2.24) is 9.29 Å². The largest absolute Gasteiger partial charge is 0.444 e. The molecule has 0 bridgehead atoms. The lowest BCUT2D eigenvalue weighted by atomic mass is 10.2. The van der Waals surface area contributed by atoms with Gasteiger partial charge in [-0.2, -0.15) is 4.31 Å². The van der Waals surface area contributed by atoms with Crippen molar-refractivity contribution in [2.24, 2.45) is 0 Å². The number of nitro benzene ring substituents is 1. The van der Waals surface area contributed by atoms with Crippen LogP contribution in [0.15, 0.2) is 47.4 Å². The van der Waals surface area contributed by atoms with E-state index < -0.39 is 32.3 Å². The van der Waals surface area contributed by atoms with Crippen molar-refractivity contribution in [2.75, 3.05) is 12.4 Å². The number of hydrogen-bond acceptors (Lipinski definition) is 8. The average Bonchev–Trinajstić information content (AvgIpc) is 3.07. The molecule has 1 amide bonds. The minimum Gasteiger partial charge on any atom is -0.444 e. The summed E-state index contributed by atoms with van der Waals surface area (Å²) in [5, 5.41) is 14.2. The van der Waals surface area contributed by atoms with Gasteiger partial charge in [0, 0.05) is 19.7 Å². The number of aromatic nitrogens is 1. The van der Waals surface area contributed by atoms with E-state index in [1.807, 2.05) is 0 Å². The Morgan fingerprint density at radius 2 is 1.94 bits per heavy atom. The Bertz CT molecular complexity index is 1280. The smallest absolute Gasteiger partial charge is 0.413 e. The third kappa shape index (κ3) is 5.39. The van der Waals surface area contributed by atoms with E-state index >= 15 is 0 Å². The summed E-state index contributed by atoms with van der Waals surface area (Å²) >= 11 is 1.22. The number of carbonyl (C=O) groups is 1. The number of ether oxygens (including phenoxy) is 1. The molecule has 0 radical (unpaired) electrons. The quantitative estimate of drug-likeness (QED) is 0.411. The number of carbonyl (C=O) groups excluding carboxylic acids is 1. The molecule has 2 aromatic carbocycles.